The van der Waals surface area contributed by atoms with Gasteiger partial charge in [-0.25, -0.2) is 9.97 Å². The van der Waals surface area contributed by atoms with Gasteiger partial charge in [0.2, 0.25) is 0 Å². The molecule has 0 aliphatic rings. The Kier molecular flexibility index (Phi) is 4.44. The molecule has 3 rings (SSSR count). The van der Waals surface area contributed by atoms with Crippen molar-refractivity contribution in [3.63, 3.8) is 0 Å². The van der Waals surface area contributed by atoms with Crippen molar-refractivity contribution in [1.29, 1.82) is 0 Å². The molecule has 0 saturated heterocycles. The molecule has 0 saturated carbocycles. The van der Waals surface area contributed by atoms with E-state index >= 15 is 0 Å². The van der Waals surface area contributed by atoms with Crippen LogP contribution in [0.3, 0.4) is 0 Å². The third-order valence-corrected chi connectivity index (χ3v) is 3.11. The zero-order valence-electron chi connectivity index (χ0n) is 12.3. The Morgan fingerprint density at radius 2 is 1.43 bits per heavy atom. The fourth-order valence-electron chi connectivity index (χ4n) is 1.94. The first-order valence-electron chi connectivity index (χ1n) is 7.08. The normalized spacial score (nSPS) is 11.0. The van der Waals surface area contributed by atoms with E-state index in [-0.39, 0.29) is 0 Å². The van der Waals surface area contributed by atoms with Crippen LogP contribution in [-0.2, 0) is 0 Å². The fourth-order valence-corrected chi connectivity index (χ4v) is 1.94. The molecule has 1 heterocycles. The number of anilines is 3. The van der Waals surface area contributed by atoms with Crippen molar-refractivity contribution in [2.45, 2.75) is 0 Å². The van der Waals surface area contributed by atoms with Gasteiger partial charge in [0.15, 0.2) is 5.84 Å². The maximum Gasteiger partial charge on any atom is 0.154 e. The number of nitrogens with two attached hydrogens (primary N) is 1. The maximum atomic E-state index is 5.87. The minimum Gasteiger partial charge on any atom is -0.382 e. The molecule has 0 amide bonds. The summed E-state index contributed by atoms with van der Waals surface area (Å²) < 4.78 is 0. The summed E-state index contributed by atoms with van der Waals surface area (Å²) in [6.45, 7) is 0. The molecule has 0 aliphatic heterocycles. The highest BCUT2D eigenvalue weighted by Gasteiger charge is 1.99. The summed E-state index contributed by atoms with van der Waals surface area (Å²) in [5.74, 6) is 0.331. The second kappa shape index (κ2) is 7.04. The van der Waals surface area contributed by atoms with Crippen molar-refractivity contribution < 1.29 is 0 Å². The predicted molar refractivity (Wildman–Crippen MR) is 92.5 cm³/mol. The van der Waals surface area contributed by atoms with Crippen LogP contribution in [0, 0.1) is 0 Å². The van der Waals surface area contributed by atoms with Crippen LogP contribution in [0.2, 0.25) is 0 Å². The van der Waals surface area contributed by atoms with Crippen LogP contribution < -0.4 is 16.5 Å². The quantitative estimate of drug-likeness (QED) is 0.383. The topological polar surface area (TPSA) is 88.2 Å². The van der Waals surface area contributed by atoms with Gasteiger partial charge in [0.1, 0.15) is 6.33 Å². The molecular formula is C17H16N6. The largest absolute Gasteiger partial charge is 0.382 e. The van der Waals surface area contributed by atoms with Crippen LogP contribution in [0.4, 0.5) is 17.1 Å². The lowest BCUT2D eigenvalue weighted by Gasteiger charge is -2.07. The van der Waals surface area contributed by atoms with E-state index in [0.717, 1.165) is 17.1 Å². The SMILES string of the molecule is N/C(=N\Nc1ccc(Nc2ccccc2)cc1)c1cncnc1. The number of hydrogen-bond acceptors (Lipinski definition) is 5. The number of rotatable bonds is 5. The van der Waals surface area contributed by atoms with Crippen LogP contribution in [0.5, 0.6) is 0 Å². The standard InChI is InChI=1S/C17H16N6/c18-17(13-10-19-12-20-11-13)23-22-16-8-6-15(7-9-16)21-14-4-2-1-3-5-14/h1-12,21-22H,(H2,18,23). The van der Waals surface area contributed by atoms with Gasteiger partial charge in [0, 0.05) is 23.8 Å². The van der Waals surface area contributed by atoms with Crippen molar-refractivity contribution in [2.24, 2.45) is 10.8 Å². The summed E-state index contributed by atoms with van der Waals surface area (Å²) in [6, 6.07) is 17.8. The summed E-state index contributed by atoms with van der Waals surface area (Å²) >= 11 is 0. The number of benzene rings is 2. The minimum absolute atomic E-state index is 0.331. The van der Waals surface area contributed by atoms with Crippen LogP contribution in [0.1, 0.15) is 5.56 Å². The first-order chi connectivity index (χ1) is 11.3. The average Bonchev–Trinajstić information content (AvgIpc) is 2.62. The Balaban J connectivity index is 1.64. The van der Waals surface area contributed by atoms with Crippen LogP contribution in [0.25, 0.3) is 0 Å². The molecule has 3 aromatic rings. The minimum atomic E-state index is 0.331. The molecular weight excluding hydrogens is 288 g/mol. The van der Waals surface area contributed by atoms with Gasteiger partial charge < -0.3 is 11.1 Å². The maximum absolute atomic E-state index is 5.87. The van der Waals surface area contributed by atoms with Crippen molar-refractivity contribution in [3.05, 3.63) is 78.9 Å². The summed E-state index contributed by atoms with van der Waals surface area (Å²) in [5, 5.41) is 7.44. The monoisotopic (exact) mass is 304 g/mol. The Morgan fingerprint density at radius 3 is 2.13 bits per heavy atom. The van der Waals surface area contributed by atoms with Gasteiger partial charge >= 0.3 is 0 Å². The molecule has 0 atom stereocenters. The van der Waals surface area contributed by atoms with Crippen molar-refractivity contribution in [2.75, 3.05) is 10.7 Å². The molecule has 0 fully saturated rings. The molecule has 2 aromatic carbocycles. The molecule has 0 unspecified atom stereocenters. The lowest BCUT2D eigenvalue weighted by molar-refractivity contribution is 1.15. The zero-order chi connectivity index (χ0) is 15.9. The van der Waals surface area contributed by atoms with E-state index in [1.54, 1.807) is 12.4 Å². The second-order valence-corrected chi connectivity index (χ2v) is 4.80. The first kappa shape index (κ1) is 14.5. The number of hydrazone groups is 1. The van der Waals surface area contributed by atoms with Gasteiger partial charge in [0.05, 0.1) is 11.3 Å². The third kappa shape index (κ3) is 4.04. The summed E-state index contributed by atoms with van der Waals surface area (Å²) in [6.07, 6.45) is 4.67. The summed E-state index contributed by atoms with van der Waals surface area (Å²) in [4.78, 5) is 7.81. The Hall–Kier alpha value is -3.41. The van der Waals surface area contributed by atoms with E-state index in [0.29, 0.717) is 11.4 Å². The fraction of sp³-hybridized carbons (Fsp3) is 0. The third-order valence-electron chi connectivity index (χ3n) is 3.11. The highest BCUT2D eigenvalue weighted by atomic mass is 15.3. The van der Waals surface area contributed by atoms with Crippen LogP contribution in [-0.4, -0.2) is 15.8 Å². The van der Waals surface area contributed by atoms with Crippen molar-refractivity contribution >= 4 is 22.9 Å². The molecule has 0 radical (unpaired) electrons. The first-order valence-corrected chi connectivity index (χ1v) is 7.08. The summed E-state index contributed by atoms with van der Waals surface area (Å²) in [7, 11) is 0. The van der Waals surface area contributed by atoms with Gasteiger partial charge in [-0.2, -0.15) is 5.10 Å². The van der Waals surface area contributed by atoms with E-state index in [1.807, 2.05) is 54.6 Å². The Bertz CT molecular complexity index is 769. The Labute approximate surface area is 134 Å². The molecule has 6 heteroatoms. The molecule has 23 heavy (non-hydrogen) atoms. The van der Waals surface area contributed by atoms with Gasteiger partial charge in [-0.3, -0.25) is 5.43 Å². The van der Waals surface area contributed by atoms with Gasteiger partial charge in [-0.05, 0) is 36.4 Å². The molecule has 6 nitrogen and oxygen atoms in total. The average molecular weight is 304 g/mol. The highest BCUT2D eigenvalue weighted by Crippen LogP contribution is 2.18. The number of hydrogen-bond donors (Lipinski definition) is 3. The predicted octanol–water partition coefficient (Wildman–Crippen LogP) is 2.95. The molecule has 4 N–H and O–H groups in total. The van der Waals surface area contributed by atoms with Crippen molar-refractivity contribution in [1.82, 2.24) is 9.97 Å². The van der Waals surface area contributed by atoms with Gasteiger partial charge in [-0.15, -0.1) is 0 Å². The number of amidine groups is 1. The Morgan fingerprint density at radius 1 is 0.826 bits per heavy atom. The molecule has 0 bridgehead atoms. The lowest BCUT2D eigenvalue weighted by Crippen LogP contribution is -2.15. The van der Waals surface area contributed by atoms with E-state index in [2.05, 4.69) is 25.8 Å². The lowest BCUT2D eigenvalue weighted by atomic mass is 10.2. The molecule has 1 aromatic heterocycles. The van der Waals surface area contributed by atoms with Crippen LogP contribution in [0.15, 0.2) is 78.4 Å². The van der Waals surface area contributed by atoms with E-state index < -0.39 is 0 Å². The smallest absolute Gasteiger partial charge is 0.154 e. The number of nitrogens with one attached hydrogen (secondary N) is 2. The van der Waals surface area contributed by atoms with Gasteiger partial charge in [-0.1, -0.05) is 18.2 Å². The van der Waals surface area contributed by atoms with E-state index in [4.69, 9.17) is 5.73 Å². The summed E-state index contributed by atoms with van der Waals surface area (Å²) in [5.41, 5.74) is 12.3. The number of aromatic nitrogens is 2. The van der Waals surface area contributed by atoms with Crippen molar-refractivity contribution in [3.8, 4) is 0 Å². The molecule has 0 aliphatic carbocycles. The second-order valence-electron chi connectivity index (χ2n) is 4.80. The number of para-hydroxylation sites is 1. The van der Waals surface area contributed by atoms with Gasteiger partial charge in [0.25, 0.3) is 0 Å². The highest BCUT2D eigenvalue weighted by molar-refractivity contribution is 5.97. The molecule has 114 valence electrons. The van der Waals surface area contributed by atoms with E-state index in [9.17, 15) is 0 Å². The van der Waals surface area contributed by atoms with E-state index in [1.165, 1.54) is 6.33 Å². The number of nitrogens with zero attached hydrogens (tertiary/aromatic N) is 3. The molecule has 0 spiro atoms. The zero-order valence-corrected chi connectivity index (χ0v) is 12.3. The van der Waals surface area contributed by atoms with Crippen LogP contribution >= 0.6 is 0 Å².